The van der Waals surface area contributed by atoms with E-state index in [2.05, 4.69) is 10.3 Å². The predicted molar refractivity (Wildman–Crippen MR) is 64.3 cm³/mol. The molecule has 2 rings (SSSR count). The lowest BCUT2D eigenvalue weighted by molar-refractivity contribution is 0.591. The molecule has 1 saturated carbocycles. The molecule has 1 heterocycles. The first-order chi connectivity index (χ1) is 7.75. The van der Waals surface area contributed by atoms with Crippen LogP contribution in [0, 0.1) is 5.82 Å². The summed E-state index contributed by atoms with van der Waals surface area (Å²) >= 11 is 5.66. The number of halogens is 2. The van der Waals surface area contributed by atoms with Gasteiger partial charge in [0.05, 0.1) is 5.02 Å². The minimum absolute atomic E-state index is 0.330. The molecule has 0 spiro atoms. The van der Waals surface area contributed by atoms with E-state index in [0.717, 1.165) is 12.8 Å². The van der Waals surface area contributed by atoms with Crippen LogP contribution in [0.25, 0.3) is 0 Å². The molecular weight excluding hydrogens is 227 g/mol. The monoisotopic (exact) mass is 242 g/mol. The lowest BCUT2D eigenvalue weighted by Gasteiger charge is -2.17. The number of pyridine rings is 1. The largest absolute Gasteiger partial charge is 0.365 e. The molecule has 0 aliphatic heterocycles. The van der Waals surface area contributed by atoms with Crippen molar-refractivity contribution in [2.45, 2.75) is 44.6 Å². The second kappa shape index (κ2) is 5.48. The Labute approximate surface area is 100 Å². The zero-order valence-electron chi connectivity index (χ0n) is 9.18. The van der Waals surface area contributed by atoms with Crippen LogP contribution in [-0.4, -0.2) is 11.0 Å². The van der Waals surface area contributed by atoms with Crippen molar-refractivity contribution < 1.29 is 4.39 Å². The van der Waals surface area contributed by atoms with Gasteiger partial charge in [-0.25, -0.2) is 9.37 Å². The normalized spacial score (nSPS) is 18.1. The van der Waals surface area contributed by atoms with Crippen molar-refractivity contribution >= 4 is 17.4 Å². The number of nitrogens with zero attached hydrogens (tertiary/aromatic N) is 1. The third-order valence-electron chi connectivity index (χ3n) is 3.00. The van der Waals surface area contributed by atoms with Crippen LogP contribution in [-0.2, 0) is 0 Å². The summed E-state index contributed by atoms with van der Waals surface area (Å²) in [5.74, 6) is -0.0342. The summed E-state index contributed by atoms with van der Waals surface area (Å²) in [7, 11) is 0. The van der Waals surface area contributed by atoms with Crippen molar-refractivity contribution in [3.05, 3.63) is 23.1 Å². The van der Waals surface area contributed by atoms with Crippen LogP contribution in [0.4, 0.5) is 10.2 Å². The van der Waals surface area contributed by atoms with Crippen LogP contribution < -0.4 is 5.32 Å². The van der Waals surface area contributed by atoms with E-state index in [-0.39, 0.29) is 5.82 Å². The molecule has 4 heteroatoms. The molecule has 1 N–H and O–H groups in total. The molecule has 0 amide bonds. The molecule has 1 aromatic rings. The predicted octanol–water partition coefficient (Wildman–Crippen LogP) is 4.01. The van der Waals surface area contributed by atoms with Gasteiger partial charge in [0.2, 0.25) is 0 Å². The zero-order valence-corrected chi connectivity index (χ0v) is 9.93. The second-order valence-electron chi connectivity index (χ2n) is 4.32. The van der Waals surface area contributed by atoms with Gasteiger partial charge < -0.3 is 5.32 Å². The first kappa shape index (κ1) is 11.6. The molecule has 1 aliphatic rings. The van der Waals surface area contributed by atoms with Gasteiger partial charge >= 0.3 is 0 Å². The summed E-state index contributed by atoms with van der Waals surface area (Å²) in [6.07, 6.45) is 8.68. The maximum absolute atomic E-state index is 13.5. The molecule has 0 atom stereocenters. The topological polar surface area (TPSA) is 24.9 Å². The smallest absolute Gasteiger partial charge is 0.166 e. The van der Waals surface area contributed by atoms with E-state index in [1.165, 1.54) is 37.9 Å². The van der Waals surface area contributed by atoms with Crippen molar-refractivity contribution in [1.82, 2.24) is 4.98 Å². The van der Waals surface area contributed by atoms with Crippen LogP contribution in [0.3, 0.4) is 0 Å². The van der Waals surface area contributed by atoms with Gasteiger partial charge in [-0.05, 0) is 18.9 Å². The zero-order chi connectivity index (χ0) is 11.4. The summed E-state index contributed by atoms with van der Waals surface area (Å²) in [5.41, 5.74) is 0. The van der Waals surface area contributed by atoms with Gasteiger partial charge in [0.1, 0.15) is 0 Å². The summed E-state index contributed by atoms with van der Waals surface area (Å²) in [5, 5.41) is 3.51. The molecule has 0 unspecified atom stereocenters. The average molecular weight is 243 g/mol. The average Bonchev–Trinajstić information content (AvgIpc) is 2.51. The number of nitrogens with one attached hydrogen (secondary N) is 1. The van der Waals surface area contributed by atoms with Crippen molar-refractivity contribution in [1.29, 1.82) is 0 Å². The first-order valence-electron chi connectivity index (χ1n) is 5.83. The molecular formula is C12H16ClFN2. The number of hydrogen-bond donors (Lipinski definition) is 1. The maximum atomic E-state index is 13.5. The number of anilines is 1. The SMILES string of the molecule is Fc1cc(Cl)cnc1NC1CCCCCC1. The molecule has 16 heavy (non-hydrogen) atoms. The van der Waals surface area contributed by atoms with E-state index in [1.54, 1.807) is 0 Å². The second-order valence-corrected chi connectivity index (χ2v) is 4.75. The minimum Gasteiger partial charge on any atom is -0.365 e. The summed E-state index contributed by atoms with van der Waals surface area (Å²) < 4.78 is 13.5. The third-order valence-corrected chi connectivity index (χ3v) is 3.21. The molecule has 0 bridgehead atoms. The molecule has 88 valence electrons. The Bertz CT molecular complexity index is 349. The third kappa shape index (κ3) is 3.08. The molecule has 1 aromatic heterocycles. The lowest BCUT2D eigenvalue weighted by atomic mass is 10.1. The van der Waals surface area contributed by atoms with E-state index in [4.69, 9.17) is 11.6 Å². The maximum Gasteiger partial charge on any atom is 0.166 e. The Hall–Kier alpha value is -0.830. The Kier molecular flexibility index (Phi) is 3.99. The van der Waals surface area contributed by atoms with E-state index in [0.29, 0.717) is 16.9 Å². The highest BCUT2D eigenvalue weighted by molar-refractivity contribution is 6.30. The van der Waals surface area contributed by atoms with Gasteiger partial charge in [-0.15, -0.1) is 0 Å². The van der Waals surface area contributed by atoms with E-state index >= 15 is 0 Å². The molecule has 0 saturated heterocycles. The van der Waals surface area contributed by atoms with Crippen LogP contribution in [0.2, 0.25) is 5.02 Å². The Morgan fingerprint density at radius 2 is 1.94 bits per heavy atom. The summed E-state index contributed by atoms with van der Waals surface area (Å²) in [4.78, 5) is 3.98. The molecule has 2 nitrogen and oxygen atoms in total. The van der Waals surface area contributed by atoms with Crippen LogP contribution in [0.1, 0.15) is 38.5 Å². The molecule has 1 aliphatic carbocycles. The van der Waals surface area contributed by atoms with Crippen LogP contribution in [0.15, 0.2) is 12.3 Å². The Morgan fingerprint density at radius 3 is 2.56 bits per heavy atom. The number of aromatic nitrogens is 1. The first-order valence-corrected chi connectivity index (χ1v) is 6.21. The van der Waals surface area contributed by atoms with E-state index in [1.807, 2.05) is 0 Å². The fourth-order valence-electron chi connectivity index (χ4n) is 2.14. The van der Waals surface area contributed by atoms with Gasteiger partial charge in [-0.1, -0.05) is 37.3 Å². The van der Waals surface area contributed by atoms with Crippen LogP contribution in [0.5, 0.6) is 0 Å². The van der Waals surface area contributed by atoms with Gasteiger partial charge in [0.15, 0.2) is 11.6 Å². The fourth-order valence-corrected chi connectivity index (χ4v) is 2.28. The van der Waals surface area contributed by atoms with Crippen molar-refractivity contribution in [2.24, 2.45) is 0 Å². The van der Waals surface area contributed by atoms with Crippen molar-refractivity contribution in [3.63, 3.8) is 0 Å². The van der Waals surface area contributed by atoms with Crippen molar-refractivity contribution in [3.8, 4) is 0 Å². The van der Waals surface area contributed by atoms with Crippen molar-refractivity contribution in [2.75, 3.05) is 5.32 Å². The van der Waals surface area contributed by atoms with Gasteiger partial charge in [-0.2, -0.15) is 0 Å². The summed E-state index contributed by atoms with van der Waals surface area (Å²) in [6.45, 7) is 0. The molecule has 1 fully saturated rings. The summed E-state index contributed by atoms with van der Waals surface area (Å²) in [6, 6.07) is 1.65. The standard InChI is InChI=1S/C12H16ClFN2/c13-9-7-11(14)12(15-8-9)16-10-5-3-1-2-4-6-10/h7-8,10H,1-6H2,(H,15,16). The number of hydrogen-bond acceptors (Lipinski definition) is 2. The number of rotatable bonds is 2. The Morgan fingerprint density at radius 1 is 1.25 bits per heavy atom. The van der Waals surface area contributed by atoms with Crippen LogP contribution >= 0.6 is 11.6 Å². The van der Waals surface area contributed by atoms with Gasteiger partial charge in [-0.3, -0.25) is 0 Å². The molecule has 0 radical (unpaired) electrons. The van der Waals surface area contributed by atoms with Gasteiger partial charge in [0.25, 0.3) is 0 Å². The highest BCUT2D eigenvalue weighted by Crippen LogP contribution is 2.22. The van der Waals surface area contributed by atoms with Gasteiger partial charge in [0, 0.05) is 12.2 Å². The van der Waals surface area contributed by atoms with E-state index < -0.39 is 0 Å². The molecule has 0 aromatic carbocycles. The fraction of sp³-hybridized carbons (Fsp3) is 0.583. The quantitative estimate of drug-likeness (QED) is 0.793. The highest BCUT2D eigenvalue weighted by Gasteiger charge is 2.14. The lowest BCUT2D eigenvalue weighted by Crippen LogP contribution is -2.19. The minimum atomic E-state index is -0.364. The Balaban J connectivity index is 2.01. The highest BCUT2D eigenvalue weighted by atomic mass is 35.5. The van der Waals surface area contributed by atoms with E-state index in [9.17, 15) is 4.39 Å².